The Morgan fingerprint density at radius 3 is 2.58 bits per heavy atom. The van der Waals surface area contributed by atoms with E-state index < -0.39 is 39.7 Å². The maximum atomic E-state index is 13.3. The number of nitrogens with zero attached hydrogens (tertiary/aromatic N) is 2. The lowest BCUT2D eigenvalue weighted by Crippen LogP contribution is -2.53. The quantitative estimate of drug-likeness (QED) is 0.549. The van der Waals surface area contributed by atoms with Crippen molar-refractivity contribution >= 4 is 27.6 Å². The van der Waals surface area contributed by atoms with Gasteiger partial charge in [0.05, 0.1) is 18.8 Å². The molecule has 2 amide bonds. The van der Waals surface area contributed by atoms with Gasteiger partial charge in [0.2, 0.25) is 5.91 Å². The van der Waals surface area contributed by atoms with Gasteiger partial charge in [-0.15, -0.1) is 0 Å². The average Bonchev–Trinajstić information content (AvgIpc) is 3.36. The first-order valence-corrected chi connectivity index (χ1v) is 13.9. The predicted octanol–water partition coefficient (Wildman–Crippen LogP) is 2.28. The van der Waals surface area contributed by atoms with E-state index in [4.69, 9.17) is 4.42 Å². The van der Waals surface area contributed by atoms with Gasteiger partial charge in [0, 0.05) is 12.7 Å². The molecule has 2 aliphatic rings. The molecule has 11 heteroatoms. The van der Waals surface area contributed by atoms with Crippen molar-refractivity contribution in [1.82, 2.24) is 19.9 Å². The summed E-state index contributed by atoms with van der Waals surface area (Å²) in [5.41, 5.74) is 0. The van der Waals surface area contributed by atoms with E-state index >= 15 is 0 Å². The van der Waals surface area contributed by atoms with Crippen LogP contribution in [-0.2, 0) is 19.6 Å². The highest BCUT2D eigenvalue weighted by atomic mass is 32.2. The first-order valence-electron chi connectivity index (χ1n) is 12.4. The van der Waals surface area contributed by atoms with Crippen molar-refractivity contribution in [3.63, 3.8) is 0 Å². The summed E-state index contributed by atoms with van der Waals surface area (Å²) < 4.78 is 32.2. The van der Waals surface area contributed by atoms with Crippen molar-refractivity contribution in [2.75, 3.05) is 13.1 Å². The van der Waals surface area contributed by atoms with Gasteiger partial charge in [0.1, 0.15) is 6.04 Å². The van der Waals surface area contributed by atoms with Gasteiger partial charge in [-0.05, 0) is 49.4 Å². The zero-order valence-electron chi connectivity index (χ0n) is 20.1. The molecule has 1 saturated heterocycles. The van der Waals surface area contributed by atoms with Crippen LogP contribution in [0.1, 0.15) is 61.9 Å². The number of hydrogen-bond acceptors (Lipinski definition) is 7. The van der Waals surface area contributed by atoms with Gasteiger partial charge < -0.3 is 15.1 Å². The van der Waals surface area contributed by atoms with Crippen molar-refractivity contribution in [2.24, 2.45) is 5.92 Å². The van der Waals surface area contributed by atoms with Crippen molar-refractivity contribution in [3.05, 3.63) is 48.6 Å². The highest BCUT2D eigenvalue weighted by Crippen LogP contribution is 2.28. The maximum absolute atomic E-state index is 13.3. The fourth-order valence-electron chi connectivity index (χ4n) is 4.88. The van der Waals surface area contributed by atoms with Gasteiger partial charge in [-0.2, -0.15) is 4.31 Å². The van der Waals surface area contributed by atoms with Gasteiger partial charge in [0.15, 0.2) is 16.6 Å². The van der Waals surface area contributed by atoms with Crippen LogP contribution in [0.2, 0.25) is 0 Å². The second kappa shape index (κ2) is 11.8. The molecule has 1 aliphatic carbocycles. The normalized spacial score (nSPS) is 20.9. The van der Waals surface area contributed by atoms with E-state index in [1.165, 1.54) is 31.0 Å². The number of hydrogen-bond donors (Lipinski definition) is 2. The van der Waals surface area contributed by atoms with Crippen molar-refractivity contribution in [1.29, 1.82) is 0 Å². The number of Topliss-reactive ketones (excluding diaryl/α,β-unsaturated/α-hetero) is 1. The Morgan fingerprint density at radius 1 is 1.08 bits per heavy atom. The van der Waals surface area contributed by atoms with Crippen molar-refractivity contribution in [3.8, 4) is 0 Å². The summed E-state index contributed by atoms with van der Waals surface area (Å²) in [5, 5.41) is 5.44. The van der Waals surface area contributed by atoms with Crippen LogP contribution in [-0.4, -0.2) is 60.5 Å². The summed E-state index contributed by atoms with van der Waals surface area (Å²) in [4.78, 5) is 42.9. The molecule has 4 rings (SSSR count). The summed E-state index contributed by atoms with van der Waals surface area (Å²) in [5.74, 6) is -0.919. The fraction of sp³-hybridized carbons (Fsp3) is 0.520. The molecule has 2 N–H and O–H groups in total. The van der Waals surface area contributed by atoms with Crippen LogP contribution in [0.4, 0.5) is 0 Å². The SMILES string of the molecule is O=C(N[C@@H](CC1CCCCC1)C(=O)NC1CCCN(S(=O)(=O)c2ccccn2)CC1=O)c1ccco1. The molecule has 1 saturated carbocycles. The maximum Gasteiger partial charge on any atom is 0.287 e. The Balaban J connectivity index is 1.43. The van der Waals surface area contributed by atoms with Crippen LogP contribution in [0.3, 0.4) is 0 Å². The molecule has 2 aromatic heterocycles. The minimum atomic E-state index is -3.93. The number of ketones is 1. The Labute approximate surface area is 210 Å². The molecular formula is C25H32N4O6S. The van der Waals surface area contributed by atoms with E-state index in [0.29, 0.717) is 25.2 Å². The lowest BCUT2D eigenvalue weighted by Gasteiger charge is -2.27. The summed E-state index contributed by atoms with van der Waals surface area (Å²) in [6, 6.07) is 6.04. The summed E-state index contributed by atoms with van der Waals surface area (Å²) in [7, 11) is -3.93. The number of sulfonamides is 1. The first kappa shape index (κ1) is 26.0. The molecular weight excluding hydrogens is 484 g/mol. The minimum absolute atomic E-state index is 0.109. The summed E-state index contributed by atoms with van der Waals surface area (Å²) in [6.45, 7) is -0.201. The number of nitrogens with one attached hydrogen (secondary N) is 2. The standard InChI is InChI=1S/C25H32N4O6S/c30-21-17-29(36(33,34)23-12-4-5-13-26-23)14-6-10-19(21)27-24(31)20(16-18-8-2-1-3-9-18)28-25(32)22-11-7-15-35-22/h4-5,7,11-13,15,18-20H,1-3,6,8-10,14,16-17H2,(H,27,31)(H,28,32)/t19?,20-/m0/s1. The van der Waals surface area contributed by atoms with Crippen LogP contribution in [0.15, 0.2) is 52.2 Å². The Bertz CT molecular complexity index is 1150. The molecule has 0 aromatic carbocycles. The topological polar surface area (TPSA) is 139 Å². The van der Waals surface area contributed by atoms with Gasteiger partial charge in [-0.3, -0.25) is 14.4 Å². The van der Waals surface area contributed by atoms with Crippen LogP contribution in [0.25, 0.3) is 0 Å². The third-order valence-electron chi connectivity index (χ3n) is 6.84. The second-order valence-corrected chi connectivity index (χ2v) is 11.3. The number of rotatable bonds is 8. The lowest BCUT2D eigenvalue weighted by molar-refractivity contribution is -0.129. The zero-order chi connectivity index (χ0) is 25.5. The largest absolute Gasteiger partial charge is 0.459 e. The molecule has 10 nitrogen and oxygen atoms in total. The Kier molecular flexibility index (Phi) is 8.52. The van der Waals surface area contributed by atoms with E-state index in [1.54, 1.807) is 18.2 Å². The molecule has 2 aromatic rings. The van der Waals surface area contributed by atoms with Gasteiger partial charge >= 0.3 is 0 Å². The number of pyridine rings is 1. The first-order chi connectivity index (χ1) is 17.3. The molecule has 194 valence electrons. The predicted molar refractivity (Wildman–Crippen MR) is 130 cm³/mol. The highest BCUT2D eigenvalue weighted by Gasteiger charge is 2.35. The van der Waals surface area contributed by atoms with Gasteiger partial charge in [0.25, 0.3) is 15.9 Å². The van der Waals surface area contributed by atoms with E-state index in [-0.39, 0.29) is 23.9 Å². The minimum Gasteiger partial charge on any atom is -0.459 e. The van der Waals surface area contributed by atoms with Crippen LogP contribution >= 0.6 is 0 Å². The molecule has 1 aliphatic heterocycles. The molecule has 3 heterocycles. The highest BCUT2D eigenvalue weighted by molar-refractivity contribution is 7.89. The number of carbonyl (C=O) groups is 3. The van der Waals surface area contributed by atoms with Crippen LogP contribution in [0, 0.1) is 5.92 Å². The number of amides is 2. The van der Waals surface area contributed by atoms with Crippen LogP contribution < -0.4 is 10.6 Å². The van der Waals surface area contributed by atoms with Gasteiger partial charge in [-0.25, -0.2) is 13.4 Å². The van der Waals surface area contributed by atoms with E-state index in [0.717, 1.165) is 30.0 Å². The average molecular weight is 517 g/mol. The molecule has 0 radical (unpaired) electrons. The Morgan fingerprint density at radius 2 is 1.89 bits per heavy atom. The summed E-state index contributed by atoms with van der Waals surface area (Å²) in [6.07, 6.45) is 9.28. The second-order valence-electron chi connectivity index (χ2n) is 9.42. The number of furan rings is 1. The van der Waals surface area contributed by atoms with Gasteiger partial charge in [-0.1, -0.05) is 38.2 Å². The molecule has 2 fully saturated rings. The Hall–Kier alpha value is -3.05. The van der Waals surface area contributed by atoms with Crippen molar-refractivity contribution < 1.29 is 27.2 Å². The molecule has 2 atom stereocenters. The zero-order valence-corrected chi connectivity index (χ0v) is 20.9. The molecule has 0 spiro atoms. The molecule has 36 heavy (non-hydrogen) atoms. The lowest BCUT2D eigenvalue weighted by atomic mass is 9.84. The number of aromatic nitrogens is 1. The van der Waals surface area contributed by atoms with Crippen LogP contribution in [0.5, 0.6) is 0 Å². The van der Waals surface area contributed by atoms with E-state index in [9.17, 15) is 22.8 Å². The summed E-state index contributed by atoms with van der Waals surface area (Å²) >= 11 is 0. The van der Waals surface area contributed by atoms with Crippen molar-refractivity contribution in [2.45, 2.75) is 68.5 Å². The molecule has 0 bridgehead atoms. The monoisotopic (exact) mass is 516 g/mol. The smallest absolute Gasteiger partial charge is 0.287 e. The molecule has 1 unspecified atom stereocenters. The number of carbonyl (C=O) groups excluding carboxylic acids is 3. The third kappa shape index (κ3) is 6.38. The van der Waals surface area contributed by atoms with E-state index in [2.05, 4.69) is 15.6 Å². The fourth-order valence-corrected chi connectivity index (χ4v) is 6.26. The van der Waals surface area contributed by atoms with E-state index in [1.807, 2.05) is 0 Å². The third-order valence-corrected chi connectivity index (χ3v) is 8.60.